The minimum atomic E-state index is -1.62. The summed E-state index contributed by atoms with van der Waals surface area (Å²) in [4.78, 5) is 0. The Labute approximate surface area is 333 Å². The molecule has 0 aliphatic heterocycles. The van der Waals surface area contributed by atoms with Crippen LogP contribution in [0.4, 0.5) is 0 Å². The normalized spacial score (nSPS) is 26.3. The molecule has 0 bridgehead atoms. The van der Waals surface area contributed by atoms with Crippen molar-refractivity contribution in [2.75, 3.05) is 0 Å². The monoisotopic (exact) mass is 910 g/mol. The fourth-order valence-electron chi connectivity index (χ4n) is 9.59. The first-order chi connectivity index (χ1) is 21.5. The molecule has 2 aromatic carbocycles. The first-order valence-electron chi connectivity index (χ1n) is 17.5. The number of rotatable bonds is 6. The van der Waals surface area contributed by atoms with Crippen molar-refractivity contribution in [3.05, 3.63) is 131 Å². The van der Waals surface area contributed by atoms with Crippen LogP contribution in [0.3, 0.4) is 0 Å². The Bertz CT molecular complexity index is 1450. The molecule has 0 heterocycles. The maximum Gasteiger partial charge on any atom is -0.147 e. The molecule has 0 nitrogen and oxygen atoms in total. The van der Waals surface area contributed by atoms with Crippen molar-refractivity contribution >= 4 is 73.6 Å². The molecule has 2 fully saturated rings. The van der Waals surface area contributed by atoms with E-state index in [4.69, 9.17) is 0 Å². The summed E-state index contributed by atoms with van der Waals surface area (Å²) in [5.41, 5.74) is 10.0. The third kappa shape index (κ3) is 8.71. The summed E-state index contributed by atoms with van der Waals surface area (Å²) in [5.74, 6) is 0.808. The van der Waals surface area contributed by atoms with Crippen LogP contribution in [-0.4, -0.2) is 11.8 Å². The van der Waals surface area contributed by atoms with E-state index in [2.05, 4.69) is 135 Å². The SMILES string of the molecule is C[SiH](C)[Zr]([CH]1C=Cc2ccccc21)[CH]1C=Cc2ccccc21.C[SiH](C)[Zr]([CH]1CCC2CC=CC=C21)[CH]1CCC2CC=CC=C21.Cl.Cl.Cl.Cl. The van der Waals surface area contributed by atoms with Gasteiger partial charge in [-0.05, 0) is 0 Å². The standard InChI is InChI=1S/2C9H11.2C9H7.2C2H7Si.4ClH.2Zr/c4*1-2-5-9-7-3-6-8(9)4-1;2*1-3-2;;;;;;/h2*1-2,4,6,9H,3,5,7H2;2*1-7H;2*3H,1-2H3;4*1H;;. The second-order valence-electron chi connectivity index (χ2n) is 14.6. The third-order valence-electron chi connectivity index (χ3n) is 11.5. The number of fused-ring (bicyclic) bond motifs is 4. The van der Waals surface area contributed by atoms with Gasteiger partial charge < -0.3 is 0 Å². The van der Waals surface area contributed by atoms with Gasteiger partial charge in [0.1, 0.15) is 0 Å². The number of benzene rings is 2. The van der Waals surface area contributed by atoms with E-state index < -0.39 is 53.7 Å². The molecule has 0 amide bonds. The maximum absolute atomic E-state index is 2.70. The second-order valence-corrected chi connectivity index (χ2v) is 55.5. The summed E-state index contributed by atoms with van der Waals surface area (Å²) in [7, 11) is 0. The number of hydrogen-bond acceptors (Lipinski definition) is 0. The van der Waals surface area contributed by atoms with Gasteiger partial charge in [-0.2, -0.15) is 0 Å². The van der Waals surface area contributed by atoms with Crippen LogP contribution in [-0.2, 0) is 41.8 Å². The van der Waals surface area contributed by atoms with E-state index in [1.165, 1.54) is 36.8 Å². The summed E-state index contributed by atoms with van der Waals surface area (Å²) in [5, 5.41) is 0. The Kier molecular flexibility index (Phi) is 17.2. The molecular formula is C40H54Cl4Si2Zr2. The van der Waals surface area contributed by atoms with Crippen molar-refractivity contribution in [3.8, 4) is 0 Å². The van der Waals surface area contributed by atoms with Gasteiger partial charge in [0.2, 0.25) is 0 Å². The van der Waals surface area contributed by atoms with Gasteiger partial charge >= 0.3 is 287 Å². The van der Waals surface area contributed by atoms with Gasteiger partial charge in [0.15, 0.2) is 0 Å². The van der Waals surface area contributed by atoms with Gasteiger partial charge in [-0.25, -0.2) is 0 Å². The van der Waals surface area contributed by atoms with Crippen LogP contribution in [0, 0.1) is 11.8 Å². The Morgan fingerprint density at radius 3 is 1.38 bits per heavy atom. The maximum atomic E-state index is 2.70. The minimum Gasteiger partial charge on any atom is -0.147 e. The minimum absolute atomic E-state index is 0. The molecule has 0 spiro atoms. The van der Waals surface area contributed by atoms with Gasteiger partial charge in [-0.3, -0.25) is 0 Å². The Morgan fingerprint density at radius 2 is 0.958 bits per heavy atom. The number of allylic oxidation sites excluding steroid dienone is 10. The zero-order valence-corrected chi connectivity index (χ0v) is 39.4. The summed E-state index contributed by atoms with van der Waals surface area (Å²) >= 11 is -2.98. The van der Waals surface area contributed by atoms with Gasteiger partial charge in [-0.15, -0.1) is 49.6 Å². The average molecular weight is 915 g/mol. The predicted octanol–water partition coefficient (Wildman–Crippen LogP) is 12.6. The van der Waals surface area contributed by atoms with Crippen molar-refractivity contribution in [1.29, 1.82) is 0 Å². The molecule has 0 N–H and O–H groups in total. The van der Waals surface area contributed by atoms with Crippen LogP contribution in [0.2, 0.25) is 33.4 Å². The molecule has 258 valence electrons. The zero-order valence-electron chi connectivity index (χ0n) is 28.9. The predicted molar refractivity (Wildman–Crippen MR) is 220 cm³/mol. The first-order valence-corrected chi connectivity index (χ1v) is 37.5. The number of halogens is 4. The van der Waals surface area contributed by atoms with E-state index in [1.54, 1.807) is 24.0 Å². The summed E-state index contributed by atoms with van der Waals surface area (Å²) in [6, 6.07) is 18.1. The third-order valence-corrected chi connectivity index (χ3v) is 55.9. The molecule has 0 radical (unpaired) electrons. The van der Waals surface area contributed by atoms with Gasteiger partial charge in [-0.1, -0.05) is 0 Å². The molecule has 6 aliphatic rings. The molecule has 8 heteroatoms. The molecule has 48 heavy (non-hydrogen) atoms. The average Bonchev–Trinajstić information content (AvgIpc) is 3.84. The van der Waals surface area contributed by atoms with Crippen LogP contribution >= 0.6 is 49.6 Å². The van der Waals surface area contributed by atoms with Crippen molar-refractivity contribution in [1.82, 2.24) is 0 Å². The number of hydrogen-bond donors (Lipinski definition) is 0. The Hall–Kier alpha value is 0.240. The summed E-state index contributed by atoms with van der Waals surface area (Å²) < 4.78 is 3.79. The molecule has 6 atom stereocenters. The summed E-state index contributed by atoms with van der Waals surface area (Å²) in [6.07, 6.45) is 33.3. The van der Waals surface area contributed by atoms with Crippen LogP contribution < -0.4 is 0 Å². The second kappa shape index (κ2) is 19.4. The molecule has 0 saturated heterocycles. The van der Waals surface area contributed by atoms with E-state index in [0.717, 1.165) is 26.3 Å². The fourth-order valence-corrected chi connectivity index (χ4v) is 55.5. The largest absolute Gasteiger partial charge is 0.147 e. The fraction of sp³-hybridized carbons (Fsp3) is 0.400. The van der Waals surface area contributed by atoms with E-state index in [1.807, 2.05) is 11.1 Å². The van der Waals surface area contributed by atoms with Gasteiger partial charge in [0.25, 0.3) is 0 Å². The molecule has 2 saturated carbocycles. The molecule has 6 aliphatic carbocycles. The van der Waals surface area contributed by atoms with Gasteiger partial charge in [0.05, 0.1) is 0 Å². The topological polar surface area (TPSA) is 0 Å². The van der Waals surface area contributed by atoms with Gasteiger partial charge in [0, 0.05) is 0 Å². The molecule has 6 unspecified atom stereocenters. The Morgan fingerprint density at radius 1 is 0.542 bits per heavy atom. The smallest absolute Gasteiger partial charge is 0.147 e. The molecular weight excluding hydrogens is 861 g/mol. The van der Waals surface area contributed by atoms with Crippen molar-refractivity contribution in [2.24, 2.45) is 11.8 Å². The molecule has 0 aromatic heterocycles. The van der Waals surface area contributed by atoms with Crippen LogP contribution in [0.1, 0.15) is 68.0 Å². The quantitative estimate of drug-likeness (QED) is 0.253. The van der Waals surface area contributed by atoms with Crippen LogP contribution in [0.5, 0.6) is 0 Å². The molecule has 2 aromatic rings. The van der Waals surface area contributed by atoms with E-state index in [-0.39, 0.29) is 49.6 Å². The Balaban J connectivity index is 0.000000240. The zero-order chi connectivity index (χ0) is 30.2. The van der Waals surface area contributed by atoms with E-state index in [9.17, 15) is 0 Å². The van der Waals surface area contributed by atoms with Crippen molar-refractivity contribution in [2.45, 2.75) is 79.2 Å². The first kappa shape index (κ1) is 42.7. The van der Waals surface area contributed by atoms with Crippen molar-refractivity contribution in [3.63, 3.8) is 0 Å². The van der Waals surface area contributed by atoms with Crippen LogP contribution in [0.25, 0.3) is 12.2 Å². The molecule has 8 rings (SSSR count). The summed E-state index contributed by atoms with van der Waals surface area (Å²) in [6.45, 7) is 10.6. The van der Waals surface area contributed by atoms with Crippen LogP contribution in [0.15, 0.2) is 108 Å². The van der Waals surface area contributed by atoms with E-state index >= 15 is 0 Å². The van der Waals surface area contributed by atoms with E-state index in [0.29, 0.717) is 0 Å². The van der Waals surface area contributed by atoms with Crippen molar-refractivity contribution < 1.29 is 41.8 Å².